The molecule has 0 fully saturated rings. The maximum absolute atomic E-state index is 13.3. The van der Waals surface area contributed by atoms with E-state index in [4.69, 9.17) is 16.4 Å². The number of hydrogen-bond donors (Lipinski definition) is 3. The van der Waals surface area contributed by atoms with Crippen molar-refractivity contribution in [3.8, 4) is 11.1 Å². The van der Waals surface area contributed by atoms with Crippen molar-refractivity contribution in [2.45, 2.75) is 31.6 Å². The zero-order valence-corrected chi connectivity index (χ0v) is 22.6. The molecule has 0 spiro atoms. The lowest BCUT2D eigenvalue weighted by Crippen LogP contribution is -2.40. The molecule has 0 saturated carbocycles. The zero-order valence-electron chi connectivity index (χ0n) is 21.9. The third-order valence-corrected chi connectivity index (χ3v) is 6.83. The molecule has 0 saturated heterocycles. The highest BCUT2D eigenvalue weighted by atomic mass is 35.5. The second kappa shape index (κ2) is 12.6. The summed E-state index contributed by atoms with van der Waals surface area (Å²) in [7, 11) is 0. The van der Waals surface area contributed by atoms with E-state index in [0.29, 0.717) is 28.0 Å². The topological polar surface area (TPSA) is 127 Å². The van der Waals surface area contributed by atoms with Crippen molar-refractivity contribution in [2.75, 3.05) is 0 Å². The average molecular weight is 571 g/mol. The smallest absolute Gasteiger partial charge is 0.332 e. The van der Waals surface area contributed by atoms with E-state index >= 15 is 0 Å². The van der Waals surface area contributed by atoms with Crippen molar-refractivity contribution in [2.24, 2.45) is 0 Å². The van der Waals surface area contributed by atoms with Crippen LogP contribution in [-0.4, -0.2) is 49.4 Å². The number of nitrogens with zero attached hydrogens (tertiary/aromatic N) is 3. The Balaban J connectivity index is 1.31. The maximum atomic E-state index is 13.3. The minimum atomic E-state index is -1.63. The van der Waals surface area contributed by atoms with Crippen LogP contribution in [0.15, 0.2) is 97.1 Å². The van der Waals surface area contributed by atoms with E-state index in [2.05, 4.69) is 15.6 Å². The van der Waals surface area contributed by atoms with Crippen LogP contribution in [0.1, 0.15) is 27.9 Å². The third kappa shape index (κ3) is 7.08. The van der Waals surface area contributed by atoms with E-state index in [1.807, 2.05) is 72.8 Å². The van der Waals surface area contributed by atoms with E-state index in [1.165, 1.54) is 4.85 Å². The highest BCUT2D eigenvalue weighted by molar-refractivity contribution is 6.30. The molecule has 4 aromatic carbocycles. The van der Waals surface area contributed by atoms with Crippen molar-refractivity contribution < 1.29 is 24.6 Å². The summed E-state index contributed by atoms with van der Waals surface area (Å²) in [4.78, 5) is 31.7. The van der Waals surface area contributed by atoms with Crippen LogP contribution < -0.4 is 10.2 Å². The molecule has 5 aromatic rings. The van der Waals surface area contributed by atoms with Gasteiger partial charge in [0.25, 0.3) is 5.91 Å². The van der Waals surface area contributed by atoms with E-state index < -0.39 is 24.0 Å². The first-order chi connectivity index (χ1) is 19.9. The molecule has 1 aromatic heterocycles. The molecule has 208 valence electrons. The highest BCUT2D eigenvalue weighted by Gasteiger charge is 2.23. The predicted molar refractivity (Wildman–Crippen MR) is 154 cm³/mol. The van der Waals surface area contributed by atoms with Gasteiger partial charge in [-0.2, -0.15) is 0 Å². The van der Waals surface area contributed by atoms with Gasteiger partial charge in [-0.05, 0) is 64.2 Å². The van der Waals surface area contributed by atoms with Gasteiger partial charge in [-0.3, -0.25) is 4.79 Å². The number of fused-ring (bicyclic) bond motifs is 1. The van der Waals surface area contributed by atoms with Gasteiger partial charge in [0, 0.05) is 23.0 Å². The highest BCUT2D eigenvalue weighted by Crippen LogP contribution is 2.24. The Labute approximate surface area is 240 Å². The quantitative estimate of drug-likeness (QED) is 0.212. The molecule has 0 radical (unpaired) electrons. The second-order valence-corrected chi connectivity index (χ2v) is 10.0. The van der Waals surface area contributed by atoms with Crippen molar-refractivity contribution in [3.63, 3.8) is 0 Å². The second-order valence-electron chi connectivity index (χ2n) is 9.60. The normalized spacial score (nSPS) is 12.5. The molecular weight excluding hydrogens is 544 g/mol. The van der Waals surface area contributed by atoms with Crippen LogP contribution in [0.25, 0.3) is 22.2 Å². The molecule has 0 unspecified atom stereocenters. The minimum absolute atomic E-state index is 0.168. The largest absolute Gasteiger partial charge is 0.479 e. The first kappa shape index (κ1) is 27.8. The standard InChI is InChI=1S/C31H27ClN4O5/c32-25-8-4-7-23(16-25)22-11-9-20(10-12-22)15-26(18-29(37)31(39)40)33-30(38)24-13-14-27-28(17-24)36(35-34-27)41-19-21-5-2-1-3-6-21/h1-14,16-17,26,29,37H,15,18-19H2,(H,33,38)(H,39,40)/t26-,29-/m1/s1. The SMILES string of the molecule is O=C(N[C@H](Cc1ccc(-c2cccc(Cl)c2)cc1)C[C@@H](O)C(=O)O)c1ccc2nnn(OCc3ccccc3)c2c1. The number of carboxylic acid groups (broad SMARTS) is 1. The molecule has 5 rings (SSSR count). The van der Waals surface area contributed by atoms with Gasteiger partial charge in [-0.15, -0.1) is 5.10 Å². The summed E-state index contributed by atoms with van der Waals surface area (Å²) >= 11 is 6.12. The Kier molecular flexibility index (Phi) is 8.57. The van der Waals surface area contributed by atoms with Crippen molar-refractivity contribution in [1.82, 2.24) is 20.5 Å². The van der Waals surface area contributed by atoms with Gasteiger partial charge in [0.2, 0.25) is 0 Å². The first-order valence-electron chi connectivity index (χ1n) is 12.9. The van der Waals surface area contributed by atoms with Crippen LogP contribution >= 0.6 is 11.6 Å². The number of carbonyl (C=O) groups excluding carboxylic acids is 1. The summed E-state index contributed by atoms with van der Waals surface area (Å²) < 4.78 is 0. The van der Waals surface area contributed by atoms with Gasteiger partial charge in [-0.1, -0.05) is 83.2 Å². The van der Waals surface area contributed by atoms with Gasteiger partial charge in [0.05, 0.1) is 0 Å². The summed E-state index contributed by atoms with van der Waals surface area (Å²) in [5, 5.41) is 31.0. The number of aliphatic hydroxyl groups excluding tert-OH is 1. The molecule has 41 heavy (non-hydrogen) atoms. The number of carbonyl (C=O) groups is 2. The molecule has 0 aliphatic heterocycles. The van der Waals surface area contributed by atoms with E-state index in [0.717, 1.165) is 22.3 Å². The fourth-order valence-corrected chi connectivity index (χ4v) is 4.65. The van der Waals surface area contributed by atoms with Crippen LogP contribution in [-0.2, 0) is 17.8 Å². The fourth-order valence-electron chi connectivity index (χ4n) is 4.46. The van der Waals surface area contributed by atoms with Crippen LogP contribution in [0, 0.1) is 0 Å². The lowest BCUT2D eigenvalue weighted by atomic mass is 9.97. The lowest BCUT2D eigenvalue weighted by Gasteiger charge is -2.21. The number of carboxylic acids is 1. The number of hydrogen-bond acceptors (Lipinski definition) is 6. The fraction of sp³-hybridized carbons (Fsp3) is 0.161. The molecule has 9 nitrogen and oxygen atoms in total. The van der Waals surface area contributed by atoms with Crippen LogP contribution in [0.2, 0.25) is 5.02 Å². The van der Waals surface area contributed by atoms with E-state index in [9.17, 15) is 19.8 Å². The molecule has 3 N–H and O–H groups in total. The number of aliphatic carboxylic acids is 1. The number of amides is 1. The number of rotatable bonds is 11. The number of aliphatic hydroxyl groups is 1. The molecule has 2 atom stereocenters. The Morgan fingerprint density at radius 1 is 0.902 bits per heavy atom. The number of halogens is 1. The summed E-state index contributed by atoms with van der Waals surface area (Å²) in [6.45, 7) is 0.265. The first-order valence-corrected chi connectivity index (χ1v) is 13.3. The van der Waals surface area contributed by atoms with Gasteiger partial charge in [-0.25, -0.2) is 4.79 Å². The van der Waals surface area contributed by atoms with Gasteiger partial charge < -0.3 is 20.4 Å². The molecule has 1 heterocycles. The molecule has 0 aliphatic rings. The Morgan fingerprint density at radius 2 is 1.68 bits per heavy atom. The van der Waals surface area contributed by atoms with Crippen LogP contribution in [0.3, 0.4) is 0 Å². The molecule has 10 heteroatoms. The number of nitrogens with one attached hydrogen (secondary N) is 1. The van der Waals surface area contributed by atoms with Gasteiger partial charge in [0.15, 0.2) is 6.10 Å². The summed E-state index contributed by atoms with van der Waals surface area (Å²) in [5.74, 6) is -1.78. The number of benzene rings is 4. The average Bonchev–Trinajstić information content (AvgIpc) is 3.39. The molecular formula is C31H27ClN4O5. The molecule has 0 aliphatic carbocycles. The van der Waals surface area contributed by atoms with Crippen molar-refractivity contribution >= 4 is 34.5 Å². The Hall–Kier alpha value is -4.73. The maximum Gasteiger partial charge on any atom is 0.332 e. The van der Waals surface area contributed by atoms with Gasteiger partial charge >= 0.3 is 5.97 Å². The van der Waals surface area contributed by atoms with E-state index in [1.54, 1.807) is 24.3 Å². The van der Waals surface area contributed by atoms with Gasteiger partial charge in [0.1, 0.15) is 17.6 Å². The van der Waals surface area contributed by atoms with Crippen molar-refractivity contribution in [3.05, 3.63) is 119 Å². The van der Waals surface area contributed by atoms with E-state index in [-0.39, 0.29) is 13.0 Å². The van der Waals surface area contributed by atoms with Crippen LogP contribution in [0.5, 0.6) is 0 Å². The summed E-state index contributed by atoms with van der Waals surface area (Å²) in [5.41, 5.74) is 5.12. The van der Waals surface area contributed by atoms with Crippen LogP contribution in [0.4, 0.5) is 0 Å². The lowest BCUT2D eigenvalue weighted by molar-refractivity contribution is -0.147. The minimum Gasteiger partial charge on any atom is -0.479 e. The Morgan fingerprint density at radius 3 is 2.41 bits per heavy atom. The summed E-state index contributed by atoms with van der Waals surface area (Å²) in [6, 6.07) is 29.0. The predicted octanol–water partition coefficient (Wildman–Crippen LogP) is 4.56. The molecule has 1 amide bonds. The van der Waals surface area contributed by atoms with Crippen molar-refractivity contribution in [1.29, 1.82) is 0 Å². The summed E-state index contributed by atoms with van der Waals surface area (Å²) in [6.07, 6.45) is -1.49. The zero-order chi connectivity index (χ0) is 28.8. The monoisotopic (exact) mass is 570 g/mol. The third-order valence-electron chi connectivity index (χ3n) is 6.60. The number of aromatic nitrogens is 3. The Bertz CT molecular complexity index is 1660. The molecule has 0 bridgehead atoms.